The Labute approximate surface area is 167 Å². The molecule has 12 heteroatoms. The van der Waals surface area contributed by atoms with Gasteiger partial charge in [-0.25, -0.2) is 9.36 Å². The first kappa shape index (κ1) is 20.3. The highest BCUT2D eigenvalue weighted by atomic mass is 79.9. The van der Waals surface area contributed by atoms with Gasteiger partial charge in [-0.2, -0.15) is 17.5 Å². The molecule has 0 saturated carbocycles. The van der Waals surface area contributed by atoms with Gasteiger partial charge in [-0.05, 0) is 29.7 Å². The van der Waals surface area contributed by atoms with Gasteiger partial charge in [-0.3, -0.25) is 14.2 Å². The Morgan fingerprint density at radius 2 is 1.96 bits per heavy atom. The molecule has 1 atom stereocenters. The van der Waals surface area contributed by atoms with Crippen LogP contribution in [0.15, 0.2) is 33.9 Å². The third kappa shape index (κ3) is 3.37. The highest BCUT2D eigenvalue weighted by Gasteiger charge is 2.35. The molecule has 0 saturated heterocycles. The third-order valence-corrected chi connectivity index (χ3v) is 5.65. The van der Waals surface area contributed by atoms with Crippen molar-refractivity contribution in [2.75, 3.05) is 7.11 Å². The van der Waals surface area contributed by atoms with Gasteiger partial charge in [-0.1, -0.05) is 15.9 Å². The van der Waals surface area contributed by atoms with Crippen LogP contribution in [0, 0.1) is 0 Å². The molecule has 0 bridgehead atoms. The van der Waals surface area contributed by atoms with Crippen molar-refractivity contribution in [2.24, 2.45) is 7.05 Å². The molecule has 0 spiro atoms. The maximum absolute atomic E-state index is 13.0. The van der Waals surface area contributed by atoms with Gasteiger partial charge >= 0.3 is 17.8 Å². The minimum Gasteiger partial charge on any atom is -0.468 e. The Balaban J connectivity index is 2.23. The van der Waals surface area contributed by atoms with Crippen LogP contribution >= 0.6 is 27.5 Å². The zero-order valence-electron chi connectivity index (χ0n) is 14.3. The minimum absolute atomic E-state index is 0.0536. The van der Waals surface area contributed by atoms with E-state index in [1.54, 1.807) is 6.07 Å². The summed E-state index contributed by atoms with van der Waals surface area (Å²) in [7, 11) is 2.14. The fourth-order valence-electron chi connectivity index (χ4n) is 2.62. The second-order valence-corrected chi connectivity index (χ2v) is 7.40. The second kappa shape index (κ2) is 7.17. The maximum atomic E-state index is 13.0. The largest absolute Gasteiger partial charge is 0.468 e. The van der Waals surface area contributed by atoms with E-state index in [2.05, 4.69) is 25.0 Å². The lowest BCUT2D eigenvalue weighted by molar-refractivity contribution is -0.144. The van der Waals surface area contributed by atoms with Crippen LogP contribution in [-0.4, -0.2) is 26.6 Å². The number of halogens is 4. The number of aromatic nitrogens is 3. The van der Waals surface area contributed by atoms with E-state index < -0.39 is 33.9 Å². The third-order valence-electron chi connectivity index (χ3n) is 4.00. The molecule has 1 unspecified atom stereocenters. The molecule has 1 aromatic carbocycles. The lowest BCUT2D eigenvalue weighted by Gasteiger charge is -2.14. The monoisotopic (exact) mass is 477 g/mol. The van der Waals surface area contributed by atoms with Crippen LogP contribution in [-0.2, 0) is 22.8 Å². The molecular weight excluding hydrogens is 467 g/mol. The fourth-order valence-corrected chi connectivity index (χ4v) is 4.08. The Kier molecular flexibility index (Phi) is 5.19. The normalized spacial score (nSPS) is 12.9. The van der Waals surface area contributed by atoms with Gasteiger partial charge in [0.05, 0.1) is 23.2 Å². The van der Waals surface area contributed by atoms with Gasteiger partial charge in [0.1, 0.15) is 5.69 Å². The molecule has 0 N–H and O–H groups in total. The first-order valence-corrected chi connectivity index (χ1v) is 9.27. The number of nitrogens with zero attached hydrogens (tertiary/aromatic N) is 3. The minimum atomic E-state index is -4.84. The number of alkyl halides is 4. The number of rotatable bonds is 3. The number of fused-ring (bicyclic) bond motifs is 1. The van der Waals surface area contributed by atoms with E-state index >= 15 is 0 Å². The first-order chi connectivity index (χ1) is 13.1. The molecule has 3 rings (SSSR count). The Bertz CT molecular complexity index is 1200. The van der Waals surface area contributed by atoms with Crippen LogP contribution in [0.4, 0.5) is 13.2 Å². The van der Waals surface area contributed by atoms with Crippen molar-refractivity contribution in [3.8, 4) is 5.69 Å². The summed E-state index contributed by atoms with van der Waals surface area (Å²) in [5.41, 5.74) is -3.25. The van der Waals surface area contributed by atoms with Crippen LogP contribution in [0.5, 0.6) is 0 Å². The van der Waals surface area contributed by atoms with E-state index in [4.69, 9.17) is 0 Å². The van der Waals surface area contributed by atoms with Crippen LogP contribution in [0.2, 0.25) is 0 Å². The van der Waals surface area contributed by atoms with Crippen molar-refractivity contribution >= 4 is 43.5 Å². The number of hydrogen-bond acceptors (Lipinski definition) is 6. The summed E-state index contributed by atoms with van der Waals surface area (Å²) >= 11 is 4.26. The topological polar surface area (TPSA) is 83.2 Å². The van der Waals surface area contributed by atoms with E-state index in [-0.39, 0.29) is 5.69 Å². The SMILES string of the molecule is COC(=O)C(Br)c1nsc2ccc(-n3c(=O)cc(C(F)(F)F)n(C)c3=O)cc12. The number of hydrogen-bond donors (Lipinski definition) is 0. The predicted molar refractivity (Wildman–Crippen MR) is 99.1 cm³/mol. The van der Waals surface area contributed by atoms with E-state index in [0.717, 1.165) is 18.6 Å². The summed E-state index contributed by atoms with van der Waals surface area (Å²) in [6.07, 6.45) is -4.84. The lowest BCUT2D eigenvalue weighted by Crippen LogP contribution is -2.40. The lowest BCUT2D eigenvalue weighted by atomic mass is 10.1. The molecule has 148 valence electrons. The molecule has 0 aliphatic heterocycles. The fraction of sp³-hybridized carbons (Fsp3) is 0.250. The molecule has 0 amide bonds. The van der Waals surface area contributed by atoms with Gasteiger partial charge in [0, 0.05) is 18.5 Å². The smallest absolute Gasteiger partial charge is 0.431 e. The van der Waals surface area contributed by atoms with E-state index in [0.29, 0.717) is 31.0 Å². The number of carbonyl (C=O) groups excluding carboxylic acids is 1. The predicted octanol–water partition coefficient (Wildman–Crippen LogP) is 2.77. The second-order valence-electron chi connectivity index (χ2n) is 5.68. The van der Waals surface area contributed by atoms with Gasteiger partial charge in [-0.15, -0.1) is 0 Å². The number of ether oxygens (including phenoxy) is 1. The molecule has 0 aliphatic carbocycles. The molecule has 7 nitrogen and oxygen atoms in total. The quantitative estimate of drug-likeness (QED) is 0.427. The average molecular weight is 478 g/mol. The van der Waals surface area contributed by atoms with E-state index in [9.17, 15) is 27.6 Å². The summed E-state index contributed by atoms with van der Waals surface area (Å²) in [4.78, 5) is 35.6. The average Bonchev–Trinajstić information content (AvgIpc) is 3.05. The number of benzene rings is 1. The van der Waals surface area contributed by atoms with Crippen molar-refractivity contribution in [1.29, 1.82) is 0 Å². The van der Waals surface area contributed by atoms with Crippen LogP contribution < -0.4 is 11.2 Å². The van der Waals surface area contributed by atoms with Crippen molar-refractivity contribution < 1.29 is 22.7 Å². The van der Waals surface area contributed by atoms with Crippen LogP contribution in [0.25, 0.3) is 15.8 Å². The van der Waals surface area contributed by atoms with Gasteiger partial charge in [0.15, 0.2) is 4.83 Å². The Morgan fingerprint density at radius 3 is 2.57 bits per heavy atom. The summed E-state index contributed by atoms with van der Waals surface area (Å²) in [5, 5.41) is 0.462. The number of methoxy groups -OCH3 is 1. The molecule has 28 heavy (non-hydrogen) atoms. The van der Waals surface area contributed by atoms with Crippen LogP contribution in [0.1, 0.15) is 16.2 Å². The molecule has 3 aromatic rings. The van der Waals surface area contributed by atoms with E-state index in [1.165, 1.54) is 19.2 Å². The summed E-state index contributed by atoms with van der Waals surface area (Å²) in [6.45, 7) is 0. The van der Waals surface area contributed by atoms with Crippen molar-refractivity contribution in [3.63, 3.8) is 0 Å². The van der Waals surface area contributed by atoms with Gasteiger partial charge < -0.3 is 4.74 Å². The highest BCUT2D eigenvalue weighted by molar-refractivity contribution is 9.09. The Morgan fingerprint density at radius 1 is 1.29 bits per heavy atom. The molecule has 0 aliphatic rings. The standard InChI is InChI=1S/C16H11BrF3N3O4S/c1-22-10(16(18,19)20)6-11(24)23(15(22)26)7-3-4-9-8(5-7)13(21-28-9)12(17)14(25)27-2/h3-6,12H,1-2H3. The number of esters is 1. The highest BCUT2D eigenvalue weighted by Crippen LogP contribution is 2.33. The molecule has 2 aromatic heterocycles. The maximum Gasteiger partial charge on any atom is 0.431 e. The van der Waals surface area contributed by atoms with Crippen LogP contribution in [0.3, 0.4) is 0 Å². The zero-order valence-corrected chi connectivity index (χ0v) is 16.7. The molecule has 0 radical (unpaired) electrons. The summed E-state index contributed by atoms with van der Waals surface area (Å²) in [6, 6.07) is 4.76. The molecule has 0 fully saturated rings. The number of carbonyl (C=O) groups is 1. The first-order valence-electron chi connectivity index (χ1n) is 7.58. The summed E-state index contributed by atoms with van der Waals surface area (Å²) < 4.78 is 49.5. The zero-order chi connectivity index (χ0) is 20.8. The van der Waals surface area contributed by atoms with Gasteiger partial charge in [0.25, 0.3) is 5.56 Å². The van der Waals surface area contributed by atoms with Crippen molar-refractivity contribution in [2.45, 2.75) is 11.0 Å². The molecular formula is C16H11BrF3N3O4S. The summed E-state index contributed by atoms with van der Waals surface area (Å²) in [5.74, 6) is -0.597. The van der Waals surface area contributed by atoms with Crippen molar-refractivity contribution in [1.82, 2.24) is 13.5 Å². The van der Waals surface area contributed by atoms with Gasteiger partial charge in [0.2, 0.25) is 0 Å². The Hall–Kier alpha value is -2.47. The van der Waals surface area contributed by atoms with E-state index in [1.807, 2.05) is 0 Å². The van der Waals surface area contributed by atoms with Crippen molar-refractivity contribution in [3.05, 3.63) is 56.5 Å². The molecule has 2 heterocycles.